The maximum absolute atomic E-state index is 13.5. The van der Waals surface area contributed by atoms with Gasteiger partial charge in [0.2, 0.25) is 5.88 Å². The summed E-state index contributed by atoms with van der Waals surface area (Å²) >= 11 is 0. The minimum Gasteiger partial charge on any atom is -0.479 e. The van der Waals surface area contributed by atoms with E-state index in [1.807, 2.05) is 89.6 Å². The standard InChI is InChI=1S/C38H37N5O4/c1-37(2,46)34(26-16-8-4-9-17-26)41-36(45)40-32-24-31-33(30(25-44)39-32)35(47-3)42-43(31)38(27-18-10-5-11-19-27,28-20-12-6-13-21-28)29-22-14-7-15-23-29/h4-24,34,44,46H,25H2,1-3H3,(H2,39,40,41,45). The second-order valence-corrected chi connectivity index (χ2v) is 11.8. The van der Waals surface area contributed by atoms with E-state index < -0.39 is 29.8 Å². The Hall–Kier alpha value is -5.51. The molecule has 0 fully saturated rings. The molecule has 9 heteroatoms. The monoisotopic (exact) mass is 627 g/mol. The van der Waals surface area contributed by atoms with Crippen LogP contribution in [0.4, 0.5) is 10.6 Å². The number of rotatable bonds is 10. The van der Waals surface area contributed by atoms with Crippen LogP contribution in [-0.2, 0) is 12.1 Å². The van der Waals surface area contributed by atoms with Crippen molar-refractivity contribution in [1.29, 1.82) is 0 Å². The second-order valence-electron chi connectivity index (χ2n) is 11.8. The van der Waals surface area contributed by atoms with Gasteiger partial charge in [-0.15, -0.1) is 5.10 Å². The molecule has 0 aliphatic heterocycles. The number of aliphatic hydroxyl groups excluding tert-OH is 1. The molecule has 2 amide bonds. The number of hydrogen-bond donors (Lipinski definition) is 4. The van der Waals surface area contributed by atoms with Crippen LogP contribution in [0.25, 0.3) is 10.9 Å². The van der Waals surface area contributed by atoms with Crippen LogP contribution < -0.4 is 15.4 Å². The molecule has 6 aromatic rings. The number of fused-ring (bicyclic) bond motifs is 1. The Balaban J connectivity index is 1.56. The molecule has 9 nitrogen and oxygen atoms in total. The molecule has 1 atom stereocenters. The smallest absolute Gasteiger partial charge is 0.320 e. The van der Waals surface area contributed by atoms with Crippen LogP contribution in [0.15, 0.2) is 127 Å². The largest absolute Gasteiger partial charge is 0.479 e. The van der Waals surface area contributed by atoms with Gasteiger partial charge in [0.05, 0.1) is 42.0 Å². The summed E-state index contributed by atoms with van der Waals surface area (Å²) in [6.07, 6.45) is 0. The first-order valence-electron chi connectivity index (χ1n) is 15.4. The van der Waals surface area contributed by atoms with Gasteiger partial charge in [0, 0.05) is 6.07 Å². The van der Waals surface area contributed by atoms with Gasteiger partial charge < -0.3 is 20.3 Å². The molecule has 0 radical (unpaired) electrons. The molecule has 6 rings (SSSR count). The summed E-state index contributed by atoms with van der Waals surface area (Å²) in [5.41, 5.74) is 2.17. The zero-order valence-corrected chi connectivity index (χ0v) is 26.5. The first kappa shape index (κ1) is 31.5. The number of benzene rings is 4. The van der Waals surface area contributed by atoms with E-state index >= 15 is 0 Å². The highest BCUT2D eigenvalue weighted by molar-refractivity contribution is 5.94. The molecule has 0 aliphatic carbocycles. The molecule has 4 N–H and O–H groups in total. The van der Waals surface area contributed by atoms with E-state index in [1.54, 1.807) is 19.9 Å². The van der Waals surface area contributed by atoms with Crippen molar-refractivity contribution in [2.45, 2.75) is 37.6 Å². The van der Waals surface area contributed by atoms with E-state index in [2.05, 4.69) is 52.0 Å². The molecular weight excluding hydrogens is 590 g/mol. The number of anilines is 1. The quantitative estimate of drug-likeness (QED) is 0.130. The van der Waals surface area contributed by atoms with Crippen LogP contribution in [-0.4, -0.2) is 43.7 Å². The zero-order valence-electron chi connectivity index (χ0n) is 26.5. The maximum Gasteiger partial charge on any atom is 0.320 e. The van der Waals surface area contributed by atoms with Gasteiger partial charge >= 0.3 is 6.03 Å². The number of nitrogens with zero attached hydrogens (tertiary/aromatic N) is 3. The molecule has 0 saturated carbocycles. The molecule has 0 bridgehead atoms. The molecule has 238 valence electrons. The minimum atomic E-state index is -1.26. The van der Waals surface area contributed by atoms with E-state index in [-0.39, 0.29) is 17.4 Å². The molecule has 0 spiro atoms. The van der Waals surface area contributed by atoms with Crippen LogP contribution in [0.5, 0.6) is 5.88 Å². The summed E-state index contributed by atoms with van der Waals surface area (Å²) in [7, 11) is 1.53. The van der Waals surface area contributed by atoms with Gasteiger partial charge in [-0.25, -0.2) is 14.5 Å². The Labute approximate surface area is 273 Å². The lowest BCUT2D eigenvalue weighted by Crippen LogP contribution is -2.44. The Morgan fingerprint density at radius 2 is 1.32 bits per heavy atom. The summed E-state index contributed by atoms with van der Waals surface area (Å²) in [6.45, 7) is 2.85. The van der Waals surface area contributed by atoms with Gasteiger partial charge in [0.1, 0.15) is 11.4 Å². The van der Waals surface area contributed by atoms with Crippen molar-refractivity contribution in [3.63, 3.8) is 0 Å². The first-order chi connectivity index (χ1) is 22.8. The topological polar surface area (TPSA) is 122 Å². The van der Waals surface area contributed by atoms with Crippen molar-refractivity contribution < 1.29 is 19.7 Å². The lowest BCUT2D eigenvalue weighted by molar-refractivity contribution is 0.0415. The summed E-state index contributed by atoms with van der Waals surface area (Å²) < 4.78 is 7.69. The molecule has 0 saturated heterocycles. The Bertz CT molecular complexity index is 1860. The number of carbonyl (C=O) groups is 1. The number of urea groups is 1. The number of ether oxygens (including phenoxy) is 1. The van der Waals surface area contributed by atoms with Crippen LogP contribution in [0, 0.1) is 0 Å². The Morgan fingerprint density at radius 3 is 1.77 bits per heavy atom. The Morgan fingerprint density at radius 1 is 0.830 bits per heavy atom. The van der Waals surface area contributed by atoms with E-state index in [0.29, 0.717) is 10.9 Å². The highest BCUT2D eigenvalue weighted by Crippen LogP contribution is 2.44. The average Bonchev–Trinajstić information content (AvgIpc) is 3.47. The molecule has 4 aromatic carbocycles. The fraction of sp³-hybridized carbons (Fsp3) is 0.184. The lowest BCUT2D eigenvalue weighted by atomic mass is 9.77. The highest BCUT2D eigenvalue weighted by atomic mass is 16.5. The van der Waals surface area contributed by atoms with Crippen molar-refractivity contribution in [3.8, 4) is 5.88 Å². The third kappa shape index (κ3) is 5.94. The van der Waals surface area contributed by atoms with Gasteiger partial charge in [-0.05, 0) is 36.1 Å². The number of methoxy groups -OCH3 is 1. The number of hydrogen-bond acceptors (Lipinski definition) is 6. The van der Waals surface area contributed by atoms with E-state index in [4.69, 9.17) is 9.84 Å². The molecular formula is C38H37N5O4. The second kappa shape index (κ2) is 13.1. The van der Waals surface area contributed by atoms with Gasteiger partial charge in [-0.1, -0.05) is 121 Å². The molecule has 2 heterocycles. The predicted octanol–water partition coefficient (Wildman–Crippen LogP) is 6.41. The normalized spacial score (nSPS) is 12.4. The lowest BCUT2D eigenvalue weighted by Gasteiger charge is -2.37. The summed E-state index contributed by atoms with van der Waals surface area (Å²) in [4.78, 5) is 18.1. The number of aromatic nitrogens is 3. The summed E-state index contributed by atoms with van der Waals surface area (Å²) in [5, 5.41) is 32.8. The van der Waals surface area contributed by atoms with Gasteiger partial charge in [0.15, 0.2) is 0 Å². The third-order valence-electron chi connectivity index (χ3n) is 8.30. The fourth-order valence-electron chi connectivity index (χ4n) is 6.26. The number of carbonyl (C=O) groups excluding carboxylic acids is 1. The zero-order chi connectivity index (χ0) is 33.0. The first-order valence-corrected chi connectivity index (χ1v) is 15.4. The van der Waals surface area contributed by atoms with Crippen LogP contribution in [0.1, 0.15) is 47.8 Å². The van der Waals surface area contributed by atoms with Gasteiger partial charge in [0.25, 0.3) is 0 Å². The Kier molecular flexibility index (Phi) is 8.76. The van der Waals surface area contributed by atoms with E-state index in [1.165, 1.54) is 7.11 Å². The maximum atomic E-state index is 13.5. The molecule has 2 aromatic heterocycles. The van der Waals surface area contributed by atoms with Crippen molar-refractivity contribution >= 4 is 22.8 Å². The van der Waals surface area contributed by atoms with Crippen LogP contribution in [0.2, 0.25) is 0 Å². The van der Waals surface area contributed by atoms with E-state index in [9.17, 15) is 15.0 Å². The number of aliphatic hydroxyl groups is 2. The average molecular weight is 628 g/mol. The SMILES string of the molecule is COc1nn(C(c2ccccc2)(c2ccccc2)c2ccccc2)c2cc(NC(=O)NC(c3ccccc3)C(C)(C)O)nc(CO)c12. The van der Waals surface area contributed by atoms with Gasteiger partial charge in [-0.2, -0.15) is 0 Å². The highest BCUT2D eigenvalue weighted by Gasteiger charge is 2.41. The summed E-state index contributed by atoms with van der Waals surface area (Å²) in [5.74, 6) is 0.472. The molecule has 47 heavy (non-hydrogen) atoms. The minimum absolute atomic E-state index is 0.188. The van der Waals surface area contributed by atoms with Crippen molar-refractivity contribution in [2.75, 3.05) is 12.4 Å². The third-order valence-corrected chi connectivity index (χ3v) is 8.30. The fourth-order valence-corrected chi connectivity index (χ4v) is 6.26. The number of pyridine rings is 1. The molecule has 0 aliphatic rings. The van der Waals surface area contributed by atoms with Crippen molar-refractivity contribution in [3.05, 3.63) is 155 Å². The van der Waals surface area contributed by atoms with Crippen LogP contribution in [0.3, 0.4) is 0 Å². The summed E-state index contributed by atoms with van der Waals surface area (Å²) in [6, 6.07) is 39.9. The van der Waals surface area contributed by atoms with Crippen molar-refractivity contribution in [1.82, 2.24) is 20.1 Å². The van der Waals surface area contributed by atoms with Gasteiger partial charge in [-0.3, -0.25) is 5.32 Å². The number of nitrogens with one attached hydrogen (secondary N) is 2. The molecule has 1 unspecified atom stereocenters. The van der Waals surface area contributed by atoms with E-state index in [0.717, 1.165) is 22.3 Å². The van der Waals surface area contributed by atoms with Crippen LogP contribution >= 0.6 is 0 Å². The number of amides is 2. The van der Waals surface area contributed by atoms with Crippen molar-refractivity contribution in [2.24, 2.45) is 0 Å². The predicted molar refractivity (Wildman–Crippen MR) is 182 cm³/mol.